The molecule has 2 rings (SSSR count). The van der Waals surface area contributed by atoms with Crippen LogP contribution in [-0.4, -0.2) is 66.4 Å². The van der Waals surface area contributed by atoms with Crippen molar-refractivity contribution in [2.24, 2.45) is 0 Å². The van der Waals surface area contributed by atoms with Crippen LogP contribution in [0.1, 0.15) is 49.7 Å². The van der Waals surface area contributed by atoms with Gasteiger partial charge in [0.15, 0.2) is 11.5 Å². The van der Waals surface area contributed by atoms with Crippen molar-refractivity contribution in [2.75, 3.05) is 40.9 Å². The van der Waals surface area contributed by atoms with Crippen LogP contribution in [-0.2, 0) is 11.3 Å². The van der Waals surface area contributed by atoms with E-state index in [0.29, 0.717) is 25.4 Å². The van der Waals surface area contributed by atoms with Crippen LogP contribution in [0.2, 0.25) is 0 Å². The van der Waals surface area contributed by atoms with E-state index in [2.05, 4.69) is 16.9 Å². The summed E-state index contributed by atoms with van der Waals surface area (Å²) in [6, 6.07) is 7.54. The van der Waals surface area contributed by atoms with Gasteiger partial charge in [-0.3, -0.25) is 9.48 Å². The Bertz CT molecular complexity index is 847. The molecule has 0 saturated carbocycles. The lowest BCUT2D eigenvalue weighted by atomic mass is 10.1. The zero-order chi connectivity index (χ0) is 23.0. The van der Waals surface area contributed by atoms with Gasteiger partial charge in [0.1, 0.15) is 6.04 Å². The number of nitrogens with zero attached hydrogens (tertiary/aromatic N) is 4. The van der Waals surface area contributed by atoms with Crippen LogP contribution in [0.3, 0.4) is 0 Å². The minimum Gasteiger partial charge on any atom is -0.493 e. The number of amides is 1. The highest BCUT2D eigenvalue weighted by Crippen LogP contribution is 2.29. The SMILES string of the molecule is CCCOc1ccc(CN(CCCN(C)C)C(=O)C(C)n2nc(C)cc2C)cc1OC. The summed E-state index contributed by atoms with van der Waals surface area (Å²) in [5, 5.41) is 4.52. The fourth-order valence-electron chi connectivity index (χ4n) is 3.61. The molecule has 0 aliphatic heterocycles. The summed E-state index contributed by atoms with van der Waals surface area (Å²) in [5.41, 5.74) is 2.92. The summed E-state index contributed by atoms with van der Waals surface area (Å²) in [6.45, 7) is 10.7. The summed E-state index contributed by atoms with van der Waals surface area (Å²) in [6.07, 6.45) is 1.83. The molecule has 1 amide bonds. The third kappa shape index (κ3) is 6.99. The Kier molecular flexibility index (Phi) is 9.37. The summed E-state index contributed by atoms with van der Waals surface area (Å²) in [5.74, 6) is 1.49. The van der Waals surface area contributed by atoms with Gasteiger partial charge in [-0.2, -0.15) is 5.10 Å². The van der Waals surface area contributed by atoms with Gasteiger partial charge in [0.25, 0.3) is 0 Å². The lowest BCUT2D eigenvalue weighted by Gasteiger charge is -2.27. The van der Waals surface area contributed by atoms with Crippen molar-refractivity contribution in [1.82, 2.24) is 19.6 Å². The molecule has 1 atom stereocenters. The van der Waals surface area contributed by atoms with Crippen LogP contribution >= 0.6 is 0 Å². The van der Waals surface area contributed by atoms with Crippen LogP contribution in [0.4, 0.5) is 0 Å². The van der Waals surface area contributed by atoms with Crippen LogP contribution in [0.25, 0.3) is 0 Å². The normalized spacial score (nSPS) is 12.1. The molecule has 0 spiro atoms. The standard InChI is InChI=1S/C24H38N4O3/c1-8-14-31-22-11-10-21(16-23(22)30-7)17-27(13-9-12-26(5)6)24(29)20(4)28-19(3)15-18(2)25-28/h10-11,15-16,20H,8-9,12-14,17H2,1-7H3. The summed E-state index contributed by atoms with van der Waals surface area (Å²) in [7, 11) is 5.73. The van der Waals surface area contributed by atoms with Crippen molar-refractivity contribution >= 4 is 5.91 Å². The van der Waals surface area contributed by atoms with E-state index in [0.717, 1.165) is 42.1 Å². The molecule has 31 heavy (non-hydrogen) atoms. The first-order chi connectivity index (χ1) is 14.8. The quantitative estimate of drug-likeness (QED) is 0.512. The number of hydrogen-bond acceptors (Lipinski definition) is 5. The minimum atomic E-state index is -0.359. The van der Waals surface area contributed by atoms with E-state index in [1.165, 1.54) is 0 Å². The topological polar surface area (TPSA) is 59.8 Å². The molecule has 1 heterocycles. The van der Waals surface area contributed by atoms with Gasteiger partial charge >= 0.3 is 0 Å². The molecule has 0 aliphatic carbocycles. The van der Waals surface area contributed by atoms with Crippen LogP contribution < -0.4 is 9.47 Å². The number of rotatable bonds is 12. The number of benzene rings is 1. The number of carbonyl (C=O) groups is 1. The van der Waals surface area contributed by atoms with Gasteiger partial charge in [-0.05, 0) is 78.0 Å². The Morgan fingerprint density at radius 3 is 2.48 bits per heavy atom. The second kappa shape index (κ2) is 11.7. The summed E-state index contributed by atoms with van der Waals surface area (Å²) >= 11 is 0. The molecule has 0 fully saturated rings. The highest BCUT2D eigenvalue weighted by atomic mass is 16.5. The average molecular weight is 431 g/mol. The first-order valence-corrected chi connectivity index (χ1v) is 11.0. The zero-order valence-electron chi connectivity index (χ0n) is 20.1. The average Bonchev–Trinajstić information content (AvgIpc) is 3.08. The van der Waals surface area contributed by atoms with Crippen molar-refractivity contribution in [3.05, 3.63) is 41.2 Å². The Morgan fingerprint density at radius 1 is 1.16 bits per heavy atom. The van der Waals surface area contributed by atoms with E-state index in [9.17, 15) is 4.79 Å². The number of ether oxygens (including phenoxy) is 2. The van der Waals surface area contributed by atoms with E-state index in [1.54, 1.807) is 7.11 Å². The monoisotopic (exact) mass is 430 g/mol. The van der Waals surface area contributed by atoms with E-state index < -0.39 is 0 Å². The minimum absolute atomic E-state index is 0.0650. The van der Waals surface area contributed by atoms with Gasteiger partial charge in [0.2, 0.25) is 5.91 Å². The largest absolute Gasteiger partial charge is 0.493 e. The fourth-order valence-corrected chi connectivity index (χ4v) is 3.61. The lowest BCUT2D eigenvalue weighted by Crippen LogP contribution is -2.38. The van der Waals surface area contributed by atoms with Gasteiger partial charge in [-0.25, -0.2) is 0 Å². The maximum absolute atomic E-state index is 13.4. The highest BCUT2D eigenvalue weighted by Gasteiger charge is 2.24. The number of carbonyl (C=O) groups excluding carboxylic acids is 1. The molecule has 0 N–H and O–H groups in total. The van der Waals surface area contributed by atoms with Gasteiger partial charge in [0.05, 0.1) is 19.4 Å². The third-order valence-corrected chi connectivity index (χ3v) is 5.18. The zero-order valence-corrected chi connectivity index (χ0v) is 20.1. The predicted molar refractivity (Wildman–Crippen MR) is 124 cm³/mol. The number of aromatic nitrogens is 2. The molecule has 1 aromatic carbocycles. The number of hydrogen-bond donors (Lipinski definition) is 0. The van der Waals surface area contributed by atoms with Gasteiger partial charge in [-0.15, -0.1) is 0 Å². The third-order valence-electron chi connectivity index (χ3n) is 5.18. The molecule has 0 saturated heterocycles. The first-order valence-electron chi connectivity index (χ1n) is 11.0. The lowest BCUT2D eigenvalue weighted by molar-refractivity contribution is -0.135. The highest BCUT2D eigenvalue weighted by molar-refractivity contribution is 5.80. The molecule has 172 valence electrons. The van der Waals surface area contributed by atoms with Crippen molar-refractivity contribution < 1.29 is 14.3 Å². The molecule has 0 aliphatic rings. The molecule has 1 aromatic heterocycles. The first kappa shape index (κ1) is 24.7. The van der Waals surface area contributed by atoms with E-state index in [4.69, 9.17) is 9.47 Å². The molecular formula is C24H38N4O3. The Labute approximate surface area is 186 Å². The maximum Gasteiger partial charge on any atom is 0.247 e. The maximum atomic E-state index is 13.4. The fraction of sp³-hybridized carbons (Fsp3) is 0.583. The van der Waals surface area contributed by atoms with Crippen LogP contribution in [0.15, 0.2) is 24.3 Å². The van der Waals surface area contributed by atoms with Crippen molar-refractivity contribution in [2.45, 2.75) is 53.1 Å². The Morgan fingerprint density at radius 2 is 1.90 bits per heavy atom. The second-order valence-corrected chi connectivity index (χ2v) is 8.30. The summed E-state index contributed by atoms with van der Waals surface area (Å²) in [4.78, 5) is 17.5. The van der Waals surface area contributed by atoms with Gasteiger partial charge < -0.3 is 19.3 Å². The second-order valence-electron chi connectivity index (χ2n) is 8.30. The smallest absolute Gasteiger partial charge is 0.247 e. The molecule has 2 aromatic rings. The van der Waals surface area contributed by atoms with Crippen molar-refractivity contribution in [3.8, 4) is 11.5 Å². The van der Waals surface area contributed by atoms with Crippen LogP contribution in [0, 0.1) is 13.8 Å². The van der Waals surface area contributed by atoms with Gasteiger partial charge in [-0.1, -0.05) is 13.0 Å². The molecular weight excluding hydrogens is 392 g/mol. The number of aryl methyl sites for hydroxylation is 2. The molecule has 0 bridgehead atoms. The van der Waals surface area contributed by atoms with E-state index in [-0.39, 0.29) is 11.9 Å². The van der Waals surface area contributed by atoms with E-state index >= 15 is 0 Å². The number of methoxy groups -OCH3 is 1. The molecule has 7 heteroatoms. The van der Waals surface area contributed by atoms with E-state index in [1.807, 2.05) is 68.7 Å². The van der Waals surface area contributed by atoms with Crippen molar-refractivity contribution in [1.29, 1.82) is 0 Å². The Balaban J connectivity index is 2.22. The molecule has 0 radical (unpaired) electrons. The molecule has 1 unspecified atom stereocenters. The molecule has 7 nitrogen and oxygen atoms in total. The van der Waals surface area contributed by atoms with Crippen LogP contribution in [0.5, 0.6) is 11.5 Å². The predicted octanol–water partition coefficient (Wildman–Crippen LogP) is 3.84. The van der Waals surface area contributed by atoms with Gasteiger partial charge in [0, 0.05) is 18.8 Å². The van der Waals surface area contributed by atoms with Crippen molar-refractivity contribution in [3.63, 3.8) is 0 Å². The summed E-state index contributed by atoms with van der Waals surface area (Å²) < 4.78 is 13.1. The Hall–Kier alpha value is -2.54.